The molecule has 36 heavy (non-hydrogen) atoms. The Labute approximate surface area is 218 Å². The average Bonchev–Trinajstić information content (AvgIpc) is 3.20. The van der Waals surface area contributed by atoms with Crippen molar-refractivity contribution in [3.05, 3.63) is 89.8 Å². The van der Waals surface area contributed by atoms with Crippen LogP contribution in [0.4, 0.5) is 17.1 Å². The van der Waals surface area contributed by atoms with Crippen molar-refractivity contribution in [1.82, 2.24) is 10.3 Å². The summed E-state index contributed by atoms with van der Waals surface area (Å²) in [5, 5.41) is 7.01. The molecule has 3 heterocycles. The Morgan fingerprint density at radius 2 is 1.86 bits per heavy atom. The minimum Gasteiger partial charge on any atom is -0.366 e. The van der Waals surface area contributed by atoms with Crippen LogP contribution in [0.15, 0.2) is 72.9 Å². The summed E-state index contributed by atoms with van der Waals surface area (Å²) in [6.07, 6.45) is 4.14. The number of nitrogens with zero attached hydrogens (tertiary/aromatic N) is 3. The van der Waals surface area contributed by atoms with E-state index in [1.807, 2.05) is 48.7 Å². The molecular weight excluding hydrogens is 466 g/mol. The van der Waals surface area contributed by atoms with Gasteiger partial charge in [0, 0.05) is 42.8 Å². The van der Waals surface area contributed by atoms with Crippen LogP contribution in [0.5, 0.6) is 0 Å². The van der Waals surface area contributed by atoms with Crippen LogP contribution in [0.2, 0.25) is 0 Å². The summed E-state index contributed by atoms with van der Waals surface area (Å²) < 4.78 is 0. The Kier molecular flexibility index (Phi) is 6.04. The molecule has 0 unspecified atom stereocenters. The summed E-state index contributed by atoms with van der Waals surface area (Å²) in [6, 6.07) is 20.3. The average molecular weight is 498 g/mol. The fourth-order valence-electron chi connectivity index (χ4n) is 5.24. The van der Waals surface area contributed by atoms with Gasteiger partial charge in [-0.25, -0.2) is 0 Å². The lowest BCUT2D eigenvalue weighted by Crippen LogP contribution is -2.42. The third kappa shape index (κ3) is 4.24. The molecule has 5 rings (SSSR count). The first-order valence-electron chi connectivity index (χ1n) is 12.1. The Morgan fingerprint density at radius 3 is 2.53 bits per heavy atom. The van der Waals surface area contributed by atoms with Crippen LogP contribution >= 0.6 is 12.2 Å². The third-order valence-electron chi connectivity index (χ3n) is 7.15. The van der Waals surface area contributed by atoms with Crippen LogP contribution in [0, 0.1) is 0 Å². The van der Waals surface area contributed by atoms with Crippen molar-refractivity contribution < 1.29 is 4.79 Å². The van der Waals surface area contributed by atoms with Crippen molar-refractivity contribution in [1.29, 1.82) is 0 Å². The highest BCUT2D eigenvalue weighted by Gasteiger charge is 2.41. The lowest BCUT2D eigenvalue weighted by molar-refractivity contribution is -0.114. The molecule has 0 bridgehead atoms. The first-order valence-corrected chi connectivity index (χ1v) is 12.5. The number of benzene rings is 2. The minimum absolute atomic E-state index is 0.0484. The van der Waals surface area contributed by atoms with Gasteiger partial charge in [0.2, 0.25) is 5.91 Å². The predicted octanol–water partition coefficient (Wildman–Crippen LogP) is 5.85. The number of likely N-dealkylation sites (N-methyl/N-ethyl adjacent to an activating group) is 1. The van der Waals surface area contributed by atoms with Crippen LogP contribution in [0.25, 0.3) is 5.57 Å². The lowest BCUT2D eigenvalue weighted by atomic mass is 9.86. The smallest absolute Gasteiger partial charge is 0.221 e. The van der Waals surface area contributed by atoms with Crippen LogP contribution in [-0.2, 0) is 4.79 Å². The fourth-order valence-corrected chi connectivity index (χ4v) is 5.59. The van der Waals surface area contributed by atoms with E-state index in [-0.39, 0.29) is 23.5 Å². The summed E-state index contributed by atoms with van der Waals surface area (Å²) >= 11 is 5.87. The number of anilines is 3. The van der Waals surface area contributed by atoms with Crippen LogP contribution < -0.4 is 20.4 Å². The molecule has 0 aliphatic carbocycles. The van der Waals surface area contributed by atoms with Gasteiger partial charge in [-0.15, -0.1) is 0 Å². The first kappa shape index (κ1) is 24.0. The molecule has 6 nitrogen and oxygen atoms in total. The second-order valence-corrected chi connectivity index (χ2v) is 10.4. The highest BCUT2D eigenvalue weighted by Crippen LogP contribution is 2.45. The van der Waals surface area contributed by atoms with Gasteiger partial charge < -0.3 is 20.4 Å². The number of carbonyl (C=O) groups is 1. The van der Waals surface area contributed by atoms with E-state index in [0.29, 0.717) is 5.11 Å². The zero-order valence-electron chi connectivity index (χ0n) is 21.2. The quantitative estimate of drug-likeness (QED) is 0.441. The SMILES string of the molecule is CC(=O)Nc1ccc(N2C(=S)N[C@@H](c3ccccn3)[C@@H]2c2ccc3c(c2)C(C)=CC(C)(C)N3C)cc1. The highest BCUT2D eigenvalue weighted by molar-refractivity contribution is 7.80. The topological polar surface area (TPSA) is 60.5 Å². The number of hydrogen-bond donors (Lipinski definition) is 2. The van der Waals surface area contributed by atoms with Gasteiger partial charge in [0.1, 0.15) is 0 Å². The molecule has 0 saturated carbocycles. The van der Waals surface area contributed by atoms with Gasteiger partial charge in [0.25, 0.3) is 0 Å². The van der Waals surface area contributed by atoms with Gasteiger partial charge in [-0.3, -0.25) is 9.78 Å². The van der Waals surface area contributed by atoms with E-state index in [9.17, 15) is 4.79 Å². The second-order valence-electron chi connectivity index (χ2n) is 10.0. The number of amides is 1. The molecule has 2 aromatic carbocycles. The summed E-state index contributed by atoms with van der Waals surface area (Å²) in [5.41, 5.74) is 7.47. The van der Waals surface area contributed by atoms with Crippen LogP contribution in [-0.4, -0.2) is 28.6 Å². The number of fused-ring (bicyclic) bond motifs is 1. The van der Waals surface area contributed by atoms with E-state index in [2.05, 4.69) is 77.5 Å². The van der Waals surface area contributed by atoms with Gasteiger partial charge in [-0.05, 0) is 92.7 Å². The number of rotatable bonds is 4. The maximum atomic E-state index is 11.5. The molecule has 2 aliphatic rings. The number of nitrogens with one attached hydrogen (secondary N) is 2. The second kappa shape index (κ2) is 9.06. The summed E-state index contributed by atoms with van der Waals surface area (Å²) in [4.78, 5) is 20.6. The summed E-state index contributed by atoms with van der Waals surface area (Å²) in [5.74, 6) is -0.0974. The molecule has 1 amide bonds. The van der Waals surface area contributed by atoms with Crippen molar-refractivity contribution in [2.45, 2.75) is 45.3 Å². The van der Waals surface area contributed by atoms with Crippen LogP contribution in [0.3, 0.4) is 0 Å². The van der Waals surface area contributed by atoms with Gasteiger partial charge in [-0.2, -0.15) is 0 Å². The standard InChI is InChI=1S/C29H31N5OS/c1-18-17-29(3,4)33(5)25-14-9-20(16-23(18)25)27-26(24-8-6-7-15-30-24)32-28(36)34(27)22-12-10-21(11-13-22)31-19(2)35/h6-17,26-27H,1-5H3,(H,31,35)(H,32,36)/t26-,27-/m0/s1. The minimum atomic E-state index is -0.117. The largest absolute Gasteiger partial charge is 0.366 e. The van der Waals surface area contributed by atoms with Gasteiger partial charge >= 0.3 is 0 Å². The zero-order valence-corrected chi connectivity index (χ0v) is 22.1. The monoisotopic (exact) mass is 497 g/mol. The van der Waals surface area contributed by atoms with E-state index in [1.165, 1.54) is 23.7 Å². The van der Waals surface area contributed by atoms with E-state index in [0.717, 1.165) is 22.6 Å². The molecule has 0 radical (unpaired) electrons. The van der Waals surface area contributed by atoms with E-state index in [1.54, 1.807) is 0 Å². The molecule has 0 spiro atoms. The molecule has 184 valence electrons. The molecule has 1 saturated heterocycles. The maximum absolute atomic E-state index is 11.5. The number of pyridine rings is 1. The zero-order chi connectivity index (χ0) is 25.6. The van der Waals surface area contributed by atoms with E-state index in [4.69, 9.17) is 12.2 Å². The molecule has 2 atom stereocenters. The molecule has 2 N–H and O–H groups in total. The Morgan fingerprint density at radius 1 is 1.11 bits per heavy atom. The number of carbonyl (C=O) groups excluding carboxylic acids is 1. The van der Waals surface area contributed by atoms with Crippen LogP contribution in [0.1, 0.15) is 56.6 Å². The molecule has 1 fully saturated rings. The summed E-state index contributed by atoms with van der Waals surface area (Å²) in [6.45, 7) is 8.15. The number of aromatic nitrogens is 1. The Balaban J connectivity index is 1.61. The number of hydrogen-bond acceptors (Lipinski definition) is 4. The highest BCUT2D eigenvalue weighted by atomic mass is 32.1. The van der Waals surface area contributed by atoms with Crippen molar-refractivity contribution in [3.63, 3.8) is 0 Å². The summed E-state index contributed by atoms with van der Waals surface area (Å²) in [7, 11) is 2.15. The number of thiocarbonyl (C=S) groups is 1. The van der Waals surface area contributed by atoms with Gasteiger partial charge in [-0.1, -0.05) is 18.2 Å². The normalized spacial score (nSPS) is 20.5. The third-order valence-corrected chi connectivity index (χ3v) is 7.46. The van der Waals surface area contributed by atoms with Gasteiger partial charge in [0.05, 0.1) is 23.3 Å². The molecule has 2 aliphatic heterocycles. The van der Waals surface area contributed by atoms with Crippen molar-refractivity contribution in [3.8, 4) is 0 Å². The van der Waals surface area contributed by atoms with Crippen molar-refractivity contribution in [2.75, 3.05) is 22.2 Å². The Bertz CT molecular complexity index is 1350. The van der Waals surface area contributed by atoms with Gasteiger partial charge in [0.15, 0.2) is 5.11 Å². The van der Waals surface area contributed by atoms with Crippen molar-refractivity contribution >= 4 is 45.9 Å². The molecule has 7 heteroatoms. The fraction of sp³-hybridized carbons (Fsp3) is 0.276. The van der Waals surface area contributed by atoms with Crippen molar-refractivity contribution in [2.24, 2.45) is 0 Å². The van der Waals surface area contributed by atoms with E-state index < -0.39 is 0 Å². The Hall–Kier alpha value is -3.71. The molecular formula is C29H31N5OS. The first-order chi connectivity index (χ1) is 17.2. The maximum Gasteiger partial charge on any atom is 0.221 e. The molecule has 3 aromatic rings. The molecule has 1 aromatic heterocycles. The predicted molar refractivity (Wildman–Crippen MR) is 151 cm³/mol. The van der Waals surface area contributed by atoms with E-state index >= 15 is 0 Å². The lowest BCUT2D eigenvalue weighted by Gasteiger charge is -2.41. The number of allylic oxidation sites excluding steroid dienone is 1.